The fraction of sp³-hybridized carbons (Fsp3) is 0.591. The highest BCUT2D eigenvalue weighted by Crippen LogP contribution is 2.48. The average Bonchev–Trinajstić information content (AvgIpc) is 3.01. The molecule has 2 fully saturated rings. The molecule has 0 amide bonds. The number of nitrogens with two attached hydrogens (primary N) is 1. The second-order valence-electron chi connectivity index (χ2n) is 8.49. The number of carbonyl (C=O) groups is 1. The number of rotatable bonds is 4. The van der Waals surface area contributed by atoms with E-state index in [1.54, 1.807) is 18.5 Å². The van der Waals surface area contributed by atoms with Gasteiger partial charge in [0.15, 0.2) is 5.78 Å². The number of ether oxygens (including phenoxy) is 1. The van der Waals surface area contributed by atoms with E-state index in [1.165, 1.54) is 24.6 Å². The topological polar surface area (TPSA) is 80.8 Å². The van der Waals surface area contributed by atoms with Crippen molar-refractivity contribution in [2.75, 3.05) is 19.7 Å². The molecule has 0 bridgehead atoms. The highest BCUT2D eigenvalue weighted by atomic mass is 35.5. The molecular weight excluding hydrogens is 420 g/mol. The number of thioether (sulfide) groups is 1. The van der Waals surface area contributed by atoms with Crippen LogP contribution >= 0.6 is 23.4 Å². The van der Waals surface area contributed by atoms with Crippen LogP contribution in [0.2, 0.25) is 5.02 Å². The fourth-order valence-corrected chi connectivity index (χ4v) is 5.98. The normalized spacial score (nSPS) is 26.0. The summed E-state index contributed by atoms with van der Waals surface area (Å²) in [5.74, 6) is 1.94. The number of ketones is 1. The molecule has 0 unspecified atom stereocenters. The Kier molecular flexibility index (Phi) is 6.42. The third kappa shape index (κ3) is 4.12. The van der Waals surface area contributed by atoms with Crippen LogP contribution in [0, 0.1) is 11.3 Å². The van der Waals surface area contributed by atoms with Crippen molar-refractivity contribution in [3.05, 3.63) is 28.4 Å². The maximum atomic E-state index is 12.8. The van der Waals surface area contributed by atoms with Crippen molar-refractivity contribution in [2.45, 2.75) is 56.9 Å². The molecule has 3 heterocycles. The van der Waals surface area contributed by atoms with E-state index in [0.29, 0.717) is 40.8 Å². The maximum Gasteiger partial charge on any atom is 0.233 e. The zero-order valence-corrected chi connectivity index (χ0v) is 19.1. The quantitative estimate of drug-likeness (QED) is 0.740. The zero-order chi connectivity index (χ0) is 21.3. The molecule has 30 heavy (non-hydrogen) atoms. The van der Waals surface area contributed by atoms with Crippen LogP contribution in [0.4, 0.5) is 0 Å². The molecule has 162 valence electrons. The smallest absolute Gasteiger partial charge is 0.233 e. The van der Waals surface area contributed by atoms with Crippen molar-refractivity contribution in [1.29, 1.82) is 0 Å². The summed E-state index contributed by atoms with van der Waals surface area (Å²) in [5, 5.41) is 0.427. The van der Waals surface area contributed by atoms with Crippen LogP contribution in [0.15, 0.2) is 33.3 Å². The summed E-state index contributed by atoms with van der Waals surface area (Å²) >= 11 is 7.71. The zero-order valence-electron chi connectivity index (χ0n) is 17.6. The van der Waals surface area contributed by atoms with Crippen LogP contribution in [0.3, 0.4) is 0 Å². The Morgan fingerprint density at radius 1 is 1.37 bits per heavy atom. The van der Waals surface area contributed by atoms with E-state index in [-0.39, 0.29) is 11.2 Å². The molecule has 1 saturated heterocycles. The van der Waals surface area contributed by atoms with E-state index in [0.717, 1.165) is 36.7 Å². The van der Waals surface area contributed by atoms with Gasteiger partial charge in [-0.05, 0) is 50.0 Å². The van der Waals surface area contributed by atoms with Gasteiger partial charge in [0.2, 0.25) is 5.88 Å². The molecule has 3 aliphatic rings. The van der Waals surface area contributed by atoms with Gasteiger partial charge in [-0.1, -0.05) is 30.3 Å². The van der Waals surface area contributed by atoms with Gasteiger partial charge >= 0.3 is 0 Å². The van der Waals surface area contributed by atoms with E-state index in [2.05, 4.69) is 21.8 Å². The minimum Gasteiger partial charge on any atom is -0.477 e. The average molecular weight is 449 g/mol. The molecule has 2 atom stereocenters. The number of hydrogen-bond acceptors (Lipinski definition) is 7. The van der Waals surface area contributed by atoms with Gasteiger partial charge in [0.1, 0.15) is 10.9 Å². The molecule has 0 aromatic carbocycles. The van der Waals surface area contributed by atoms with Gasteiger partial charge in [-0.3, -0.25) is 4.79 Å². The molecule has 1 aromatic rings. The van der Waals surface area contributed by atoms with E-state index in [9.17, 15) is 4.79 Å². The monoisotopic (exact) mass is 448 g/mol. The Balaban J connectivity index is 1.43. The highest BCUT2D eigenvalue weighted by molar-refractivity contribution is 8.04. The third-order valence-electron chi connectivity index (χ3n) is 6.79. The molecule has 1 aliphatic carbocycles. The summed E-state index contributed by atoms with van der Waals surface area (Å²) in [6, 6.07) is 2.09. The van der Waals surface area contributed by atoms with Crippen molar-refractivity contribution in [1.82, 2.24) is 9.88 Å². The standard InChI is InChI=1S/C22H29ClN4O2S/c1-3-29-21-19(23)16(5-9-25-21)30-17-13-26-18(12-15(17)28)27-10-7-22(8-11-27)6-4-14(2)20(22)24/h5,9,13-14,20H,3-4,6-8,10-12,24H2,1-2H3/t14-,20-/m1/s1. The molecule has 2 aliphatic heterocycles. The van der Waals surface area contributed by atoms with Crippen LogP contribution < -0.4 is 10.5 Å². The van der Waals surface area contributed by atoms with Gasteiger partial charge < -0.3 is 15.4 Å². The van der Waals surface area contributed by atoms with Crippen LogP contribution in [0.25, 0.3) is 0 Å². The number of Topliss-reactive ketones (excluding diaryl/α,β-unsaturated/α-hetero) is 1. The Hall–Kier alpha value is -1.57. The largest absolute Gasteiger partial charge is 0.477 e. The minimum absolute atomic E-state index is 0.0716. The predicted molar refractivity (Wildman–Crippen MR) is 121 cm³/mol. The van der Waals surface area contributed by atoms with Gasteiger partial charge in [0.05, 0.1) is 17.9 Å². The Bertz CT molecular complexity index is 880. The number of aliphatic imine (C=N–C) groups is 1. The number of piperidine rings is 1. The van der Waals surface area contributed by atoms with E-state index < -0.39 is 0 Å². The Morgan fingerprint density at radius 2 is 2.13 bits per heavy atom. The van der Waals surface area contributed by atoms with Crippen LogP contribution in [-0.4, -0.2) is 47.2 Å². The van der Waals surface area contributed by atoms with Crippen LogP contribution in [-0.2, 0) is 4.79 Å². The van der Waals surface area contributed by atoms with E-state index in [1.807, 2.05) is 6.92 Å². The van der Waals surface area contributed by atoms with Gasteiger partial charge in [-0.15, -0.1) is 0 Å². The number of pyridine rings is 1. The third-order valence-corrected chi connectivity index (χ3v) is 8.38. The number of hydrogen-bond donors (Lipinski definition) is 1. The summed E-state index contributed by atoms with van der Waals surface area (Å²) < 4.78 is 5.44. The molecule has 2 N–H and O–H groups in total. The highest BCUT2D eigenvalue weighted by Gasteiger charge is 2.46. The molecule has 1 aromatic heterocycles. The lowest BCUT2D eigenvalue weighted by Gasteiger charge is -2.44. The van der Waals surface area contributed by atoms with Crippen LogP contribution in [0.1, 0.15) is 46.0 Å². The maximum absolute atomic E-state index is 12.8. The van der Waals surface area contributed by atoms with Gasteiger partial charge in [0.25, 0.3) is 0 Å². The van der Waals surface area contributed by atoms with Crippen LogP contribution in [0.5, 0.6) is 5.88 Å². The van der Waals surface area contributed by atoms with Crippen molar-refractivity contribution in [3.8, 4) is 5.88 Å². The van der Waals surface area contributed by atoms with Gasteiger partial charge in [-0.25, -0.2) is 9.98 Å². The van der Waals surface area contributed by atoms with Crippen molar-refractivity contribution in [2.24, 2.45) is 22.1 Å². The number of halogens is 1. The van der Waals surface area contributed by atoms with Crippen molar-refractivity contribution >= 4 is 35.0 Å². The number of likely N-dealkylation sites (tertiary alicyclic amines) is 1. The molecule has 4 rings (SSSR count). The number of carbonyl (C=O) groups excluding carboxylic acids is 1. The Labute approximate surface area is 187 Å². The first-order valence-electron chi connectivity index (χ1n) is 10.7. The molecule has 6 nitrogen and oxygen atoms in total. The molecule has 1 saturated carbocycles. The lowest BCUT2D eigenvalue weighted by Crippen LogP contribution is -2.50. The summed E-state index contributed by atoms with van der Waals surface area (Å²) in [4.78, 5) is 25.2. The number of amidine groups is 1. The first kappa shape index (κ1) is 21.7. The molecule has 1 spiro atoms. The first-order valence-corrected chi connectivity index (χ1v) is 11.9. The Morgan fingerprint density at radius 3 is 2.77 bits per heavy atom. The molecular formula is C22H29ClN4O2S. The fourth-order valence-electron chi connectivity index (χ4n) is 4.86. The number of nitrogens with zero attached hydrogens (tertiary/aromatic N) is 3. The number of aromatic nitrogens is 1. The van der Waals surface area contributed by atoms with Crippen molar-refractivity contribution < 1.29 is 9.53 Å². The minimum atomic E-state index is 0.0716. The lowest BCUT2D eigenvalue weighted by atomic mass is 9.73. The van der Waals surface area contributed by atoms with Crippen molar-refractivity contribution in [3.63, 3.8) is 0 Å². The van der Waals surface area contributed by atoms with E-state index >= 15 is 0 Å². The van der Waals surface area contributed by atoms with E-state index in [4.69, 9.17) is 22.1 Å². The summed E-state index contributed by atoms with van der Waals surface area (Å²) in [6.45, 7) is 6.49. The SMILES string of the molecule is CCOc1nccc(SC2=CN=C(N3CCC4(CC[C@@H](C)[C@H]4N)CC3)CC2=O)c1Cl. The van der Waals surface area contributed by atoms with Gasteiger partial charge in [0, 0.05) is 36.4 Å². The second kappa shape index (κ2) is 8.89. The van der Waals surface area contributed by atoms with Gasteiger partial charge in [-0.2, -0.15) is 0 Å². The number of allylic oxidation sites excluding steroid dienone is 1. The lowest BCUT2D eigenvalue weighted by molar-refractivity contribution is -0.114. The summed E-state index contributed by atoms with van der Waals surface area (Å²) in [7, 11) is 0. The predicted octanol–water partition coefficient (Wildman–Crippen LogP) is 4.28. The molecule has 8 heteroatoms. The first-order chi connectivity index (χ1) is 14.4. The summed E-state index contributed by atoms with van der Waals surface area (Å²) in [6.07, 6.45) is 8.28. The molecule has 0 radical (unpaired) electrons. The summed E-state index contributed by atoms with van der Waals surface area (Å²) in [5.41, 5.74) is 6.81. The second-order valence-corrected chi connectivity index (χ2v) is 9.95.